The number of nitrogens with zero attached hydrogens (tertiary/aromatic N) is 2. The van der Waals surface area contributed by atoms with E-state index < -0.39 is 0 Å². The first kappa shape index (κ1) is 19.2. The Hall–Kier alpha value is -3.12. The average molecular weight is 346 g/mol. The number of terminal acetylenes is 1. The van der Waals surface area contributed by atoms with E-state index in [-0.39, 0.29) is 5.82 Å². The summed E-state index contributed by atoms with van der Waals surface area (Å²) in [4.78, 5) is 6.17. The third-order valence-electron chi connectivity index (χ3n) is 4.04. The number of rotatable bonds is 6. The number of aryl methyl sites for hydroxylation is 1. The van der Waals surface area contributed by atoms with E-state index in [9.17, 15) is 4.39 Å². The second-order valence-electron chi connectivity index (χ2n) is 6.00. The normalized spacial score (nSPS) is 11.4. The number of benzene rings is 2. The summed E-state index contributed by atoms with van der Waals surface area (Å²) in [6.07, 6.45) is 10.6. The van der Waals surface area contributed by atoms with Crippen LogP contribution in [0.15, 0.2) is 60.1 Å². The van der Waals surface area contributed by atoms with Gasteiger partial charge in [-0.3, -0.25) is 4.99 Å². The zero-order chi connectivity index (χ0) is 19.1. The summed E-state index contributed by atoms with van der Waals surface area (Å²) < 4.78 is 14.5. The third-order valence-corrected chi connectivity index (χ3v) is 4.04. The fourth-order valence-corrected chi connectivity index (χ4v) is 2.80. The molecule has 26 heavy (non-hydrogen) atoms. The van der Waals surface area contributed by atoms with Crippen molar-refractivity contribution in [3.63, 3.8) is 0 Å². The highest BCUT2D eigenvalue weighted by Gasteiger charge is 2.13. The van der Waals surface area contributed by atoms with Crippen molar-refractivity contribution in [1.82, 2.24) is 4.90 Å². The standard InChI is InChI=1S/C23H23FN2/c1-6-9-22(20-14-17(4)23(25-8-3)21(24)15-20)26(5)16-19-12-10-18(7-2)11-13-19/h2,6,8-15H,1,16H2,3-5H3/b22-9-,25-8?. The van der Waals surface area contributed by atoms with E-state index in [1.165, 1.54) is 6.07 Å². The number of halogens is 1. The highest BCUT2D eigenvalue weighted by atomic mass is 19.1. The van der Waals surface area contributed by atoms with Gasteiger partial charge in [-0.15, -0.1) is 6.42 Å². The molecule has 0 heterocycles. The topological polar surface area (TPSA) is 15.6 Å². The van der Waals surface area contributed by atoms with Crippen molar-refractivity contribution < 1.29 is 4.39 Å². The first-order valence-electron chi connectivity index (χ1n) is 8.38. The molecule has 0 aliphatic rings. The number of aliphatic imine (C=N–C) groups is 1. The molecule has 0 aliphatic heterocycles. The van der Waals surface area contributed by atoms with Crippen LogP contribution in [0, 0.1) is 25.1 Å². The summed E-state index contributed by atoms with van der Waals surface area (Å²) in [5.41, 5.74) is 4.81. The lowest BCUT2D eigenvalue weighted by atomic mass is 10.0. The maximum Gasteiger partial charge on any atom is 0.149 e. The lowest BCUT2D eigenvalue weighted by molar-refractivity contribution is 0.474. The van der Waals surface area contributed by atoms with Crippen LogP contribution in [0.25, 0.3) is 5.70 Å². The van der Waals surface area contributed by atoms with Crippen LogP contribution < -0.4 is 0 Å². The molecular formula is C23H23FN2. The molecule has 0 N–H and O–H groups in total. The Kier molecular flexibility index (Phi) is 6.52. The Bertz CT molecular complexity index is 860. The highest BCUT2D eigenvalue weighted by molar-refractivity contribution is 5.70. The van der Waals surface area contributed by atoms with Gasteiger partial charge in [-0.25, -0.2) is 4.39 Å². The molecule has 0 aromatic heterocycles. The molecule has 0 saturated carbocycles. The smallest absolute Gasteiger partial charge is 0.149 e. The van der Waals surface area contributed by atoms with Crippen molar-refractivity contribution in [1.29, 1.82) is 0 Å². The van der Waals surface area contributed by atoms with Crippen molar-refractivity contribution in [3.05, 3.63) is 83.2 Å². The molecule has 0 atom stereocenters. The van der Waals surface area contributed by atoms with Crippen molar-refractivity contribution in [2.45, 2.75) is 20.4 Å². The maximum absolute atomic E-state index is 14.5. The molecule has 0 bridgehead atoms. The van der Waals surface area contributed by atoms with Gasteiger partial charge in [-0.2, -0.15) is 0 Å². The molecule has 0 spiro atoms. The van der Waals surface area contributed by atoms with Gasteiger partial charge in [0.2, 0.25) is 0 Å². The lowest BCUT2D eigenvalue weighted by Crippen LogP contribution is -2.16. The zero-order valence-corrected chi connectivity index (χ0v) is 15.5. The Balaban J connectivity index is 2.35. The molecule has 2 aromatic carbocycles. The molecule has 0 saturated heterocycles. The van der Waals surface area contributed by atoms with Crippen LogP contribution in [-0.2, 0) is 6.54 Å². The van der Waals surface area contributed by atoms with Crippen LogP contribution in [0.3, 0.4) is 0 Å². The van der Waals surface area contributed by atoms with Gasteiger partial charge in [0.1, 0.15) is 11.5 Å². The van der Waals surface area contributed by atoms with Crippen LogP contribution >= 0.6 is 0 Å². The molecule has 2 nitrogen and oxygen atoms in total. The summed E-state index contributed by atoms with van der Waals surface area (Å²) in [7, 11) is 1.97. The van der Waals surface area contributed by atoms with Crippen LogP contribution in [0.1, 0.15) is 29.2 Å². The van der Waals surface area contributed by atoms with Gasteiger partial charge in [0.05, 0.1) is 0 Å². The van der Waals surface area contributed by atoms with E-state index in [1.807, 2.05) is 50.4 Å². The fraction of sp³-hybridized carbons (Fsp3) is 0.174. The van der Waals surface area contributed by atoms with Gasteiger partial charge >= 0.3 is 0 Å². The molecule has 0 unspecified atom stereocenters. The summed E-state index contributed by atoms with van der Waals surface area (Å²) in [6, 6.07) is 11.3. The molecule has 132 valence electrons. The molecule has 0 radical (unpaired) electrons. The molecular weight excluding hydrogens is 323 g/mol. The molecule has 0 aliphatic carbocycles. The van der Waals surface area contributed by atoms with Crippen LogP contribution in [0.4, 0.5) is 10.1 Å². The van der Waals surface area contributed by atoms with E-state index in [1.54, 1.807) is 19.2 Å². The summed E-state index contributed by atoms with van der Waals surface area (Å²) in [5, 5.41) is 0. The van der Waals surface area contributed by atoms with E-state index >= 15 is 0 Å². The third kappa shape index (κ3) is 4.49. The Morgan fingerprint density at radius 2 is 2.00 bits per heavy atom. The number of allylic oxidation sites excluding steroid dienone is 2. The Morgan fingerprint density at radius 1 is 1.31 bits per heavy atom. The van der Waals surface area contributed by atoms with E-state index in [2.05, 4.69) is 22.4 Å². The number of hydrogen-bond acceptors (Lipinski definition) is 2. The molecule has 2 rings (SSSR count). The van der Waals surface area contributed by atoms with Crippen LogP contribution in [0.5, 0.6) is 0 Å². The fourth-order valence-electron chi connectivity index (χ4n) is 2.80. The molecule has 3 heteroatoms. The van der Waals surface area contributed by atoms with Crippen LogP contribution in [0.2, 0.25) is 0 Å². The average Bonchev–Trinajstić information content (AvgIpc) is 2.63. The summed E-state index contributed by atoms with van der Waals surface area (Å²) >= 11 is 0. The monoisotopic (exact) mass is 346 g/mol. The highest BCUT2D eigenvalue weighted by Crippen LogP contribution is 2.29. The van der Waals surface area contributed by atoms with Crippen molar-refractivity contribution in [2.24, 2.45) is 4.99 Å². The van der Waals surface area contributed by atoms with Gasteiger partial charge in [-0.1, -0.05) is 30.7 Å². The minimum absolute atomic E-state index is 0.333. The predicted octanol–water partition coefficient (Wildman–Crippen LogP) is 5.50. The van der Waals surface area contributed by atoms with E-state index in [0.717, 1.165) is 28.0 Å². The quantitative estimate of drug-likeness (QED) is 0.383. The summed E-state index contributed by atoms with van der Waals surface area (Å²) in [5.74, 6) is 2.28. The molecule has 0 amide bonds. The first-order chi connectivity index (χ1) is 12.5. The van der Waals surface area contributed by atoms with Crippen molar-refractivity contribution in [3.8, 4) is 12.3 Å². The van der Waals surface area contributed by atoms with E-state index in [4.69, 9.17) is 6.42 Å². The minimum atomic E-state index is -0.333. The second-order valence-corrected chi connectivity index (χ2v) is 6.00. The van der Waals surface area contributed by atoms with E-state index in [0.29, 0.717) is 12.2 Å². The Labute approximate surface area is 155 Å². The van der Waals surface area contributed by atoms with Crippen molar-refractivity contribution >= 4 is 17.6 Å². The lowest BCUT2D eigenvalue weighted by Gasteiger charge is -2.24. The van der Waals surface area contributed by atoms with Gasteiger partial charge in [-0.05, 0) is 55.3 Å². The largest absolute Gasteiger partial charge is 0.370 e. The Morgan fingerprint density at radius 3 is 2.54 bits per heavy atom. The predicted molar refractivity (Wildman–Crippen MR) is 109 cm³/mol. The molecule has 0 fully saturated rings. The summed E-state index contributed by atoms with van der Waals surface area (Å²) in [6.45, 7) is 8.09. The maximum atomic E-state index is 14.5. The van der Waals surface area contributed by atoms with Gasteiger partial charge in [0.15, 0.2) is 0 Å². The second kappa shape index (κ2) is 8.82. The van der Waals surface area contributed by atoms with Gasteiger partial charge in [0.25, 0.3) is 0 Å². The van der Waals surface area contributed by atoms with Gasteiger partial charge in [0, 0.05) is 36.6 Å². The molecule has 2 aromatic rings. The minimum Gasteiger partial charge on any atom is -0.370 e. The van der Waals surface area contributed by atoms with Gasteiger partial charge < -0.3 is 4.90 Å². The van der Waals surface area contributed by atoms with Crippen molar-refractivity contribution in [2.75, 3.05) is 7.05 Å². The van der Waals surface area contributed by atoms with Crippen LogP contribution in [-0.4, -0.2) is 18.2 Å². The number of hydrogen-bond donors (Lipinski definition) is 0. The SMILES string of the molecule is C#Cc1ccc(CN(C)/C(=C\C=C)c2cc(C)c(N=CC)c(F)c2)cc1. The first-order valence-corrected chi connectivity index (χ1v) is 8.38. The zero-order valence-electron chi connectivity index (χ0n) is 15.5.